The maximum absolute atomic E-state index is 10.3. The highest BCUT2D eigenvalue weighted by Crippen LogP contribution is 2.10. The lowest BCUT2D eigenvalue weighted by molar-refractivity contribution is -0.648. The van der Waals surface area contributed by atoms with Crippen LogP contribution in [0.5, 0.6) is 5.75 Å². The summed E-state index contributed by atoms with van der Waals surface area (Å²) in [5.41, 5.74) is 6.02. The summed E-state index contributed by atoms with van der Waals surface area (Å²) in [5, 5.41) is 21.5. The van der Waals surface area contributed by atoms with Crippen LogP contribution in [0.2, 0.25) is 0 Å². The van der Waals surface area contributed by atoms with Gasteiger partial charge in [0.25, 0.3) is 0 Å². The largest absolute Gasteiger partial charge is 0.548 e. The quantitative estimate of drug-likeness (QED) is 0.601. The minimum atomic E-state index is -1.27. The van der Waals surface area contributed by atoms with E-state index in [4.69, 9.17) is 10.8 Å². The second kappa shape index (κ2) is 9.44. The summed E-state index contributed by atoms with van der Waals surface area (Å²) in [6.07, 6.45) is 0.211. The van der Waals surface area contributed by atoms with Crippen LogP contribution in [0.4, 0.5) is 0 Å². The molecule has 0 aromatic heterocycles. The zero-order chi connectivity index (χ0) is 14.0. The number of aromatic hydroxyl groups is 1. The van der Waals surface area contributed by atoms with Crippen molar-refractivity contribution < 1.29 is 20.3 Å². The lowest BCUT2D eigenvalue weighted by Crippen LogP contribution is -2.82. The summed E-state index contributed by atoms with van der Waals surface area (Å²) >= 11 is 0. The number of hydrogen-bond donors (Lipinski definition) is 3. The number of phenols is 1. The Balaban J connectivity index is 0.000000494. The van der Waals surface area contributed by atoms with Crippen molar-refractivity contribution in [2.45, 2.75) is 26.3 Å². The summed E-state index contributed by atoms with van der Waals surface area (Å²) in [7, 11) is 0. The summed E-state index contributed by atoms with van der Waals surface area (Å²) < 4.78 is 0. The van der Waals surface area contributed by atoms with Crippen molar-refractivity contribution in [3.8, 4) is 5.75 Å². The average Bonchev–Trinajstić information content (AvgIpc) is 2.34. The van der Waals surface area contributed by atoms with Crippen LogP contribution in [0, 0.1) is 0 Å². The van der Waals surface area contributed by atoms with E-state index in [1.54, 1.807) is 12.1 Å². The average molecular weight is 254 g/mol. The fourth-order valence-electron chi connectivity index (χ4n) is 1.26. The van der Waals surface area contributed by atoms with Gasteiger partial charge in [-0.2, -0.15) is 0 Å². The molecule has 1 rings (SSSR count). The van der Waals surface area contributed by atoms with Gasteiger partial charge in [-0.3, -0.25) is 0 Å². The number of quaternary nitrogens is 1. The van der Waals surface area contributed by atoms with Crippen molar-refractivity contribution in [3.05, 3.63) is 29.8 Å². The van der Waals surface area contributed by atoms with E-state index in [0.717, 1.165) is 5.56 Å². The second-order valence-electron chi connectivity index (χ2n) is 3.90. The Labute approximate surface area is 108 Å². The Hall–Kier alpha value is -1.59. The van der Waals surface area contributed by atoms with Gasteiger partial charge in [-0.1, -0.05) is 12.1 Å². The lowest BCUT2D eigenvalue weighted by Gasteiger charge is -2.11. The molecule has 0 aliphatic rings. The molecular weight excluding hydrogens is 232 g/mol. The SMILES string of the molecule is CC[NH2+]CC.N[C@@H](Cc1ccc(O)cc1)C(=O)[O-]. The molecule has 5 N–H and O–H groups in total. The predicted octanol–water partition coefficient (Wildman–Crippen LogP) is -1.40. The number of rotatable bonds is 5. The number of aliphatic carboxylic acids is 1. The number of benzene rings is 1. The Morgan fingerprint density at radius 3 is 2.17 bits per heavy atom. The van der Waals surface area contributed by atoms with Gasteiger partial charge in [-0.25, -0.2) is 0 Å². The van der Waals surface area contributed by atoms with E-state index >= 15 is 0 Å². The third-order valence-electron chi connectivity index (χ3n) is 2.27. The fraction of sp³-hybridized carbons (Fsp3) is 0.462. The molecule has 0 saturated carbocycles. The molecule has 1 aromatic rings. The van der Waals surface area contributed by atoms with Crippen LogP contribution in [0.25, 0.3) is 0 Å². The molecule has 5 heteroatoms. The summed E-state index contributed by atoms with van der Waals surface area (Å²) in [6.45, 7) is 6.75. The van der Waals surface area contributed by atoms with E-state index in [-0.39, 0.29) is 12.2 Å². The van der Waals surface area contributed by atoms with Gasteiger partial charge in [0.2, 0.25) is 0 Å². The molecule has 0 fully saturated rings. The number of nitrogens with two attached hydrogens (primary N) is 2. The molecule has 0 amide bonds. The molecule has 5 nitrogen and oxygen atoms in total. The number of carboxylic acids is 1. The standard InChI is InChI=1S/C9H11NO3.C4H11N/c10-8(9(12)13)5-6-1-3-7(11)4-2-6;1-3-5-4-2/h1-4,8,11H,5,10H2,(H,12,13);5H,3-4H2,1-2H3/t8-;/m0./s1. The van der Waals surface area contributed by atoms with E-state index in [1.807, 2.05) is 0 Å². The molecule has 1 aromatic carbocycles. The van der Waals surface area contributed by atoms with Crippen molar-refractivity contribution in [2.24, 2.45) is 5.73 Å². The second-order valence-corrected chi connectivity index (χ2v) is 3.90. The molecule has 102 valence electrons. The molecule has 0 bridgehead atoms. The highest BCUT2D eigenvalue weighted by atomic mass is 16.4. The zero-order valence-corrected chi connectivity index (χ0v) is 10.9. The Bertz CT molecular complexity index is 337. The van der Waals surface area contributed by atoms with Crippen molar-refractivity contribution in [2.75, 3.05) is 13.1 Å². The van der Waals surface area contributed by atoms with E-state index in [9.17, 15) is 9.90 Å². The first-order valence-electron chi connectivity index (χ1n) is 6.07. The number of carbonyl (C=O) groups is 1. The Morgan fingerprint density at radius 2 is 1.83 bits per heavy atom. The topological polar surface area (TPSA) is 103 Å². The van der Waals surface area contributed by atoms with Crippen molar-refractivity contribution in [1.29, 1.82) is 0 Å². The number of carboxylic acid groups (broad SMARTS) is 1. The van der Waals surface area contributed by atoms with Gasteiger partial charge in [-0.15, -0.1) is 0 Å². The first-order valence-corrected chi connectivity index (χ1v) is 6.07. The molecule has 18 heavy (non-hydrogen) atoms. The van der Waals surface area contributed by atoms with Gasteiger partial charge in [0.1, 0.15) is 5.75 Å². The van der Waals surface area contributed by atoms with Crippen LogP contribution in [-0.4, -0.2) is 30.2 Å². The highest BCUT2D eigenvalue weighted by Gasteiger charge is 2.04. The summed E-state index contributed by atoms with van der Waals surface area (Å²) in [5.74, 6) is -1.13. The molecule has 0 spiro atoms. The molecule has 1 atom stereocenters. The van der Waals surface area contributed by atoms with E-state index < -0.39 is 12.0 Å². The predicted molar refractivity (Wildman–Crippen MR) is 67.8 cm³/mol. The van der Waals surface area contributed by atoms with Gasteiger partial charge < -0.3 is 26.1 Å². The van der Waals surface area contributed by atoms with Crippen LogP contribution < -0.4 is 16.2 Å². The maximum atomic E-state index is 10.3. The molecule has 0 aliphatic carbocycles. The van der Waals surface area contributed by atoms with Crippen molar-refractivity contribution in [3.63, 3.8) is 0 Å². The molecule has 0 saturated heterocycles. The van der Waals surface area contributed by atoms with E-state index in [1.165, 1.54) is 25.2 Å². The highest BCUT2D eigenvalue weighted by molar-refractivity contribution is 5.71. The number of hydrogen-bond acceptors (Lipinski definition) is 4. The van der Waals surface area contributed by atoms with Gasteiger partial charge in [0, 0.05) is 6.04 Å². The minimum Gasteiger partial charge on any atom is -0.548 e. The molecule has 0 unspecified atom stereocenters. The minimum absolute atomic E-state index is 0.144. The van der Waals surface area contributed by atoms with Crippen LogP contribution in [0.15, 0.2) is 24.3 Å². The number of phenolic OH excluding ortho intramolecular Hbond substituents is 1. The van der Waals surface area contributed by atoms with Crippen LogP contribution in [0.3, 0.4) is 0 Å². The first kappa shape index (κ1) is 16.4. The Kier molecular flexibility index (Phi) is 8.61. The molecule has 0 radical (unpaired) electrons. The van der Waals surface area contributed by atoms with E-state index in [0.29, 0.717) is 0 Å². The van der Waals surface area contributed by atoms with Crippen LogP contribution in [0.1, 0.15) is 19.4 Å². The zero-order valence-electron chi connectivity index (χ0n) is 10.9. The Morgan fingerprint density at radius 1 is 1.33 bits per heavy atom. The number of carbonyl (C=O) groups excluding carboxylic acids is 1. The smallest absolute Gasteiger partial charge is 0.115 e. The molecule has 0 aliphatic heterocycles. The van der Waals surface area contributed by atoms with Gasteiger partial charge in [0.05, 0.1) is 19.1 Å². The fourth-order valence-corrected chi connectivity index (χ4v) is 1.26. The first-order chi connectivity index (χ1) is 8.51. The normalized spacial score (nSPS) is 11.3. The molecule has 0 heterocycles. The lowest BCUT2D eigenvalue weighted by atomic mass is 10.1. The monoisotopic (exact) mass is 254 g/mol. The summed E-state index contributed by atoms with van der Waals surface area (Å²) in [4.78, 5) is 10.3. The maximum Gasteiger partial charge on any atom is 0.115 e. The third-order valence-corrected chi connectivity index (χ3v) is 2.27. The van der Waals surface area contributed by atoms with Crippen LogP contribution in [-0.2, 0) is 11.2 Å². The van der Waals surface area contributed by atoms with Gasteiger partial charge in [0.15, 0.2) is 0 Å². The third kappa shape index (κ3) is 7.65. The van der Waals surface area contributed by atoms with Crippen LogP contribution >= 0.6 is 0 Å². The van der Waals surface area contributed by atoms with E-state index in [2.05, 4.69) is 19.2 Å². The van der Waals surface area contributed by atoms with Crippen molar-refractivity contribution in [1.82, 2.24) is 0 Å². The van der Waals surface area contributed by atoms with Gasteiger partial charge >= 0.3 is 0 Å². The molecular formula is C13H22N2O3. The van der Waals surface area contributed by atoms with Gasteiger partial charge in [-0.05, 0) is 38.0 Å². The summed E-state index contributed by atoms with van der Waals surface area (Å²) in [6, 6.07) is 5.22. The van der Waals surface area contributed by atoms with Crippen molar-refractivity contribution >= 4 is 5.97 Å².